The van der Waals surface area contributed by atoms with Crippen molar-refractivity contribution in [2.75, 3.05) is 20.3 Å². The van der Waals surface area contributed by atoms with Gasteiger partial charge in [0.05, 0.1) is 31.3 Å². The number of methoxy groups -OCH3 is 1. The van der Waals surface area contributed by atoms with Gasteiger partial charge in [-0.15, -0.1) is 0 Å². The molecule has 0 aliphatic carbocycles. The van der Waals surface area contributed by atoms with E-state index >= 15 is 0 Å². The molecule has 11 heteroatoms. The maximum absolute atomic E-state index is 13.4. The minimum Gasteiger partial charge on any atom is -0.493 e. The fourth-order valence-electron chi connectivity index (χ4n) is 4.18. The van der Waals surface area contributed by atoms with Crippen molar-refractivity contribution in [1.82, 2.24) is 10.2 Å². The standard InChI is InChI=1S/C31H30BrClN2O7/c1-4-11-41-25-10-9-19(15-26(25)40-5-2)17-35-30(37)23(29(36)34-31(35)38)13-21-14-24(32)28(27(16-21)39-3)42-18-20-7-6-8-22(33)12-20/h6-10,12-16H,4-5,11,17-18H2,1-3H3,(H,34,36,38)/b23-13+. The molecule has 9 nitrogen and oxygen atoms in total. The Bertz CT molecular complexity index is 1530. The number of hydrogen-bond donors (Lipinski definition) is 1. The summed E-state index contributed by atoms with van der Waals surface area (Å²) >= 11 is 9.57. The summed E-state index contributed by atoms with van der Waals surface area (Å²) in [5.41, 5.74) is 1.78. The van der Waals surface area contributed by atoms with Crippen molar-refractivity contribution < 1.29 is 33.3 Å². The minimum atomic E-state index is -0.810. The van der Waals surface area contributed by atoms with Gasteiger partial charge < -0.3 is 18.9 Å². The number of ether oxygens (including phenoxy) is 4. The van der Waals surface area contributed by atoms with Crippen LogP contribution in [0, 0.1) is 0 Å². The van der Waals surface area contributed by atoms with Crippen molar-refractivity contribution in [2.45, 2.75) is 33.4 Å². The number of nitrogens with zero attached hydrogens (tertiary/aromatic N) is 1. The van der Waals surface area contributed by atoms with E-state index in [9.17, 15) is 14.4 Å². The second-order valence-electron chi connectivity index (χ2n) is 9.22. The molecule has 1 fully saturated rings. The van der Waals surface area contributed by atoms with Crippen LogP contribution in [0.15, 0.2) is 64.6 Å². The lowest BCUT2D eigenvalue weighted by atomic mass is 10.1. The fourth-order valence-corrected chi connectivity index (χ4v) is 4.97. The summed E-state index contributed by atoms with van der Waals surface area (Å²) in [5.74, 6) is 0.373. The van der Waals surface area contributed by atoms with E-state index in [4.69, 9.17) is 30.5 Å². The SMILES string of the molecule is CCCOc1ccc(CN2C(=O)NC(=O)/C(=C\c3cc(Br)c(OCc4cccc(Cl)c4)c(OC)c3)C2=O)cc1OCC. The first kappa shape index (κ1) is 30.9. The summed E-state index contributed by atoms with van der Waals surface area (Å²) in [7, 11) is 1.49. The number of rotatable bonds is 12. The van der Waals surface area contributed by atoms with Crippen LogP contribution in [0.3, 0.4) is 0 Å². The molecule has 0 saturated carbocycles. The van der Waals surface area contributed by atoms with E-state index in [1.165, 1.54) is 13.2 Å². The molecule has 0 bridgehead atoms. The van der Waals surface area contributed by atoms with E-state index in [1.807, 2.05) is 26.0 Å². The summed E-state index contributed by atoms with van der Waals surface area (Å²) < 4.78 is 23.5. The van der Waals surface area contributed by atoms with E-state index in [1.54, 1.807) is 42.5 Å². The molecule has 0 aromatic heterocycles. The third kappa shape index (κ3) is 7.43. The van der Waals surface area contributed by atoms with Crippen molar-refractivity contribution in [2.24, 2.45) is 0 Å². The molecule has 0 radical (unpaired) electrons. The van der Waals surface area contributed by atoms with E-state index < -0.39 is 17.8 Å². The molecule has 1 aliphatic rings. The summed E-state index contributed by atoms with van der Waals surface area (Å²) in [6.07, 6.45) is 2.23. The van der Waals surface area contributed by atoms with Crippen molar-refractivity contribution in [3.05, 3.63) is 86.4 Å². The average molecular weight is 658 g/mol. The monoisotopic (exact) mass is 656 g/mol. The number of hydrogen-bond acceptors (Lipinski definition) is 7. The molecule has 220 valence electrons. The number of benzene rings is 3. The first-order valence-corrected chi connectivity index (χ1v) is 14.4. The fraction of sp³-hybridized carbons (Fsp3) is 0.258. The summed E-state index contributed by atoms with van der Waals surface area (Å²) in [4.78, 5) is 39.8. The van der Waals surface area contributed by atoms with Crippen LogP contribution in [0.5, 0.6) is 23.0 Å². The van der Waals surface area contributed by atoms with Crippen LogP contribution < -0.4 is 24.3 Å². The number of barbiturate groups is 1. The molecule has 1 saturated heterocycles. The van der Waals surface area contributed by atoms with Crippen LogP contribution in [0.1, 0.15) is 37.0 Å². The van der Waals surface area contributed by atoms with E-state index in [0.29, 0.717) is 56.8 Å². The van der Waals surface area contributed by atoms with Crippen molar-refractivity contribution in [3.8, 4) is 23.0 Å². The lowest BCUT2D eigenvalue weighted by Crippen LogP contribution is -2.53. The Morgan fingerprint density at radius 2 is 1.74 bits per heavy atom. The van der Waals surface area contributed by atoms with Gasteiger partial charge in [0.15, 0.2) is 23.0 Å². The van der Waals surface area contributed by atoms with Gasteiger partial charge in [-0.2, -0.15) is 0 Å². The molecule has 1 heterocycles. The summed E-state index contributed by atoms with van der Waals surface area (Å²) in [5, 5.41) is 2.85. The quantitative estimate of drug-likeness (QED) is 0.174. The predicted octanol–water partition coefficient (Wildman–Crippen LogP) is 6.54. The minimum absolute atomic E-state index is 0.0767. The Labute approximate surface area is 257 Å². The molecule has 4 amide bonds. The smallest absolute Gasteiger partial charge is 0.331 e. The number of carbonyl (C=O) groups excluding carboxylic acids is 3. The van der Waals surface area contributed by atoms with Gasteiger partial charge >= 0.3 is 6.03 Å². The molecule has 3 aromatic rings. The normalized spacial score (nSPS) is 14.2. The van der Waals surface area contributed by atoms with Gasteiger partial charge in [-0.25, -0.2) is 4.79 Å². The van der Waals surface area contributed by atoms with Crippen molar-refractivity contribution >= 4 is 51.5 Å². The lowest BCUT2D eigenvalue weighted by Gasteiger charge is -2.26. The Balaban J connectivity index is 1.57. The third-order valence-corrected chi connectivity index (χ3v) is 6.96. The first-order valence-electron chi connectivity index (χ1n) is 13.3. The number of amides is 4. The number of halogens is 2. The Morgan fingerprint density at radius 3 is 2.45 bits per heavy atom. The Morgan fingerprint density at radius 1 is 0.929 bits per heavy atom. The zero-order valence-corrected chi connectivity index (χ0v) is 25.7. The van der Waals surface area contributed by atoms with Gasteiger partial charge in [0, 0.05) is 5.02 Å². The second kappa shape index (κ2) is 14.2. The maximum atomic E-state index is 13.4. The number of urea groups is 1. The predicted molar refractivity (Wildman–Crippen MR) is 162 cm³/mol. The van der Waals surface area contributed by atoms with E-state index in [0.717, 1.165) is 16.9 Å². The van der Waals surface area contributed by atoms with Gasteiger partial charge in [-0.1, -0.05) is 36.7 Å². The third-order valence-electron chi connectivity index (χ3n) is 6.13. The average Bonchev–Trinajstić information content (AvgIpc) is 2.96. The van der Waals surface area contributed by atoms with Gasteiger partial charge in [-0.05, 0) is 88.4 Å². The largest absolute Gasteiger partial charge is 0.493 e. The molecular formula is C31H30BrClN2O7. The maximum Gasteiger partial charge on any atom is 0.331 e. The number of nitrogens with one attached hydrogen (secondary N) is 1. The van der Waals surface area contributed by atoms with Gasteiger partial charge in [0.1, 0.15) is 12.2 Å². The molecular weight excluding hydrogens is 628 g/mol. The zero-order valence-electron chi connectivity index (χ0n) is 23.4. The highest BCUT2D eigenvalue weighted by Gasteiger charge is 2.36. The highest BCUT2D eigenvalue weighted by Crippen LogP contribution is 2.38. The van der Waals surface area contributed by atoms with Gasteiger partial charge in [0.25, 0.3) is 11.8 Å². The lowest BCUT2D eigenvalue weighted by molar-refractivity contribution is -0.130. The molecule has 42 heavy (non-hydrogen) atoms. The van der Waals surface area contributed by atoms with Gasteiger partial charge in [-0.3, -0.25) is 19.8 Å². The van der Waals surface area contributed by atoms with Crippen molar-refractivity contribution in [1.29, 1.82) is 0 Å². The van der Waals surface area contributed by atoms with Crippen LogP contribution in [-0.2, 0) is 22.7 Å². The number of carbonyl (C=O) groups is 3. The van der Waals surface area contributed by atoms with E-state index in [2.05, 4.69) is 21.2 Å². The molecule has 0 atom stereocenters. The Hall–Kier alpha value is -4.02. The second-order valence-corrected chi connectivity index (χ2v) is 10.5. The van der Waals surface area contributed by atoms with Crippen LogP contribution in [0.25, 0.3) is 6.08 Å². The molecule has 3 aromatic carbocycles. The Kier molecular flexibility index (Phi) is 10.5. The van der Waals surface area contributed by atoms with Crippen LogP contribution in [0.4, 0.5) is 4.79 Å². The first-order chi connectivity index (χ1) is 20.2. The zero-order chi connectivity index (χ0) is 30.2. The van der Waals surface area contributed by atoms with E-state index in [-0.39, 0.29) is 18.7 Å². The topological polar surface area (TPSA) is 103 Å². The summed E-state index contributed by atoms with van der Waals surface area (Å²) in [6.45, 7) is 4.96. The highest BCUT2D eigenvalue weighted by atomic mass is 79.9. The molecule has 0 spiro atoms. The van der Waals surface area contributed by atoms with Crippen LogP contribution in [-0.4, -0.2) is 43.1 Å². The van der Waals surface area contributed by atoms with Gasteiger partial charge in [0.2, 0.25) is 0 Å². The highest BCUT2D eigenvalue weighted by molar-refractivity contribution is 9.10. The number of imide groups is 2. The molecule has 0 unspecified atom stereocenters. The van der Waals surface area contributed by atoms with Crippen molar-refractivity contribution in [3.63, 3.8) is 0 Å². The molecule has 4 rings (SSSR count). The molecule has 1 N–H and O–H groups in total. The summed E-state index contributed by atoms with van der Waals surface area (Å²) in [6, 6.07) is 15.0. The van der Waals surface area contributed by atoms with Crippen LogP contribution in [0.2, 0.25) is 5.02 Å². The molecule has 1 aliphatic heterocycles. The van der Waals surface area contributed by atoms with Crippen LogP contribution >= 0.6 is 27.5 Å².